The fourth-order valence-electron chi connectivity index (χ4n) is 2.49. The van der Waals surface area contributed by atoms with Crippen LogP contribution in [0, 0.1) is 0 Å². The minimum atomic E-state index is -4.51. The second-order valence-electron chi connectivity index (χ2n) is 5.20. The SMILES string of the molecule is [2H]C([2H])=C(C)C(OO)(c1ccc(OC)cc1)c1ccc(C(F)(F)F)cc1. The normalized spacial score (nSPS) is 15.1. The van der Waals surface area contributed by atoms with E-state index in [9.17, 15) is 18.4 Å². The molecule has 2 aromatic rings. The highest BCUT2D eigenvalue weighted by Gasteiger charge is 2.38. The van der Waals surface area contributed by atoms with E-state index in [4.69, 9.17) is 12.4 Å². The number of methoxy groups -OCH3 is 1. The molecule has 0 aliphatic rings. The Morgan fingerprint density at radius 2 is 1.46 bits per heavy atom. The van der Waals surface area contributed by atoms with Crippen LogP contribution < -0.4 is 4.74 Å². The van der Waals surface area contributed by atoms with Crippen molar-refractivity contribution in [2.75, 3.05) is 7.11 Å². The summed E-state index contributed by atoms with van der Waals surface area (Å²) in [5.41, 5.74) is -2.18. The van der Waals surface area contributed by atoms with Gasteiger partial charge >= 0.3 is 6.18 Å². The van der Waals surface area contributed by atoms with Crippen LogP contribution in [0.5, 0.6) is 5.75 Å². The van der Waals surface area contributed by atoms with Gasteiger partial charge in [-0.3, -0.25) is 5.26 Å². The average molecular weight is 340 g/mol. The molecule has 0 aliphatic heterocycles. The van der Waals surface area contributed by atoms with Gasteiger partial charge in [-0.15, -0.1) is 0 Å². The van der Waals surface area contributed by atoms with Crippen LogP contribution >= 0.6 is 0 Å². The van der Waals surface area contributed by atoms with E-state index in [0.29, 0.717) is 11.3 Å². The molecule has 0 aromatic heterocycles. The Balaban J connectivity index is 2.69. The summed E-state index contributed by atoms with van der Waals surface area (Å²) >= 11 is 0. The molecule has 2 rings (SSSR count). The minimum Gasteiger partial charge on any atom is -0.497 e. The third kappa shape index (κ3) is 3.16. The Morgan fingerprint density at radius 3 is 1.83 bits per heavy atom. The summed E-state index contributed by atoms with van der Waals surface area (Å²) in [5.74, 6) is 0.520. The van der Waals surface area contributed by atoms with Crippen molar-refractivity contribution in [3.8, 4) is 5.75 Å². The highest BCUT2D eigenvalue weighted by molar-refractivity contribution is 5.46. The molecule has 0 bridgehead atoms. The van der Waals surface area contributed by atoms with E-state index in [-0.39, 0.29) is 11.1 Å². The van der Waals surface area contributed by atoms with Crippen molar-refractivity contribution in [3.63, 3.8) is 0 Å². The lowest BCUT2D eigenvalue weighted by atomic mass is 9.81. The number of rotatable bonds is 5. The maximum Gasteiger partial charge on any atom is 0.416 e. The fraction of sp³-hybridized carbons (Fsp3) is 0.222. The van der Waals surface area contributed by atoms with Crippen molar-refractivity contribution < 1.29 is 30.8 Å². The van der Waals surface area contributed by atoms with Gasteiger partial charge in [0.25, 0.3) is 0 Å². The average Bonchev–Trinajstić information content (AvgIpc) is 2.62. The van der Waals surface area contributed by atoms with Gasteiger partial charge in [-0.2, -0.15) is 13.2 Å². The lowest BCUT2D eigenvalue weighted by molar-refractivity contribution is -0.303. The molecular weight excluding hydrogens is 321 g/mol. The number of hydrogen-bond acceptors (Lipinski definition) is 3. The van der Waals surface area contributed by atoms with Crippen molar-refractivity contribution in [1.29, 1.82) is 0 Å². The van der Waals surface area contributed by atoms with Gasteiger partial charge in [0.2, 0.25) is 0 Å². The maximum absolute atomic E-state index is 12.8. The zero-order chi connectivity index (χ0) is 19.5. The second-order valence-corrected chi connectivity index (χ2v) is 5.20. The molecule has 0 spiro atoms. The zero-order valence-corrected chi connectivity index (χ0v) is 13.0. The summed E-state index contributed by atoms with van der Waals surface area (Å²) in [5, 5.41) is 9.70. The van der Waals surface area contributed by atoms with Crippen LogP contribution in [0.25, 0.3) is 0 Å². The largest absolute Gasteiger partial charge is 0.497 e. The van der Waals surface area contributed by atoms with Crippen molar-refractivity contribution in [2.24, 2.45) is 0 Å². The fourth-order valence-corrected chi connectivity index (χ4v) is 2.49. The molecule has 3 nitrogen and oxygen atoms in total. The molecule has 1 N–H and O–H groups in total. The Labute approximate surface area is 140 Å². The van der Waals surface area contributed by atoms with Crippen molar-refractivity contribution >= 4 is 0 Å². The van der Waals surface area contributed by atoms with Crippen LogP contribution in [-0.4, -0.2) is 12.4 Å². The summed E-state index contributed by atoms with van der Waals surface area (Å²) in [6.07, 6.45) is -4.51. The first-order valence-electron chi connectivity index (χ1n) is 7.96. The topological polar surface area (TPSA) is 38.7 Å². The number of benzene rings is 2. The summed E-state index contributed by atoms with van der Waals surface area (Å²) in [6, 6.07) is 10.2. The smallest absolute Gasteiger partial charge is 0.416 e. The molecular formula is C18H17F3O3. The lowest BCUT2D eigenvalue weighted by Crippen LogP contribution is -2.31. The number of halogens is 3. The predicted octanol–water partition coefficient (Wildman–Crippen LogP) is 5.02. The number of ether oxygens (including phenoxy) is 1. The molecule has 1 atom stereocenters. The van der Waals surface area contributed by atoms with Crippen molar-refractivity contribution in [2.45, 2.75) is 18.7 Å². The Hall–Kier alpha value is -2.31. The summed E-state index contributed by atoms with van der Waals surface area (Å²) < 4.78 is 58.8. The molecule has 128 valence electrons. The van der Waals surface area contributed by atoms with E-state index >= 15 is 0 Å². The zero-order valence-electron chi connectivity index (χ0n) is 15.0. The van der Waals surface area contributed by atoms with Crippen molar-refractivity contribution in [1.82, 2.24) is 0 Å². The van der Waals surface area contributed by atoms with Gasteiger partial charge in [0.1, 0.15) is 5.75 Å². The summed E-state index contributed by atoms with van der Waals surface area (Å²) in [7, 11) is 1.47. The van der Waals surface area contributed by atoms with E-state index in [2.05, 4.69) is 0 Å². The van der Waals surface area contributed by atoms with Crippen LogP contribution in [0.15, 0.2) is 60.6 Å². The number of hydrogen-bond donors (Lipinski definition) is 1. The highest BCUT2D eigenvalue weighted by atomic mass is 19.4. The van der Waals surface area contributed by atoms with Gasteiger partial charge in [0.15, 0.2) is 5.60 Å². The molecule has 0 heterocycles. The van der Waals surface area contributed by atoms with Gasteiger partial charge < -0.3 is 4.74 Å². The molecule has 0 fully saturated rings. The van der Waals surface area contributed by atoms with Crippen LogP contribution in [0.2, 0.25) is 0 Å². The van der Waals surface area contributed by atoms with Gasteiger partial charge in [-0.25, -0.2) is 4.89 Å². The van der Waals surface area contributed by atoms with E-state index in [1.807, 2.05) is 0 Å². The van der Waals surface area contributed by atoms with E-state index in [1.165, 1.54) is 14.0 Å². The Kier molecular flexibility index (Phi) is 4.23. The van der Waals surface area contributed by atoms with Crippen LogP contribution in [0.4, 0.5) is 13.2 Å². The lowest BCUT2D eigenvalue weighted by Gasteiger charge is -2.32. The highest BCUT2D eigenvalue weighted by Crippen LogP contribution is 2.40. The minimum absolute atomic E-state index is 0.00456. The Bertz CT molecular complexity index is 783. The molecule has 24 heavy (non-hydrogen) atoms. The molecule has 0 saturated heterocycles. The first kappa shape index (κ1) is 15.2. The van der Waals surface area contributed by atoms with E-state index < -0.39 is 23.9 Å². The van der Waals surface area contributed by atoms with E-state index in [1.54, 1.807) is 24.3 Å². The molecule has 0 amide bonds. The predicted molar refractivity (Wildman–Crippen MR) is 83.7 cm³/mol. The summed E-state index contributed by atoms with van der Waals surface area (Å²) in [4.78, 5) is 4.71. The first-order chi connectivity index (χ1) is 12.2. The number of alkyl halides is 3. The molecule has 0 aliphatic carbocycles. The van der Waals surface area contributed by atoms with E-state index in [0.717, 1.165) is 24.3 Å². The molecule has 0 saturated carbocycles. The van der Waals surface area contributed by atoms with Gasteiger partial charge in [-0.1, -0.05) is 30.8 Å². The van der Waals surface area contributed by atoms with Crippen molar-refractivity contribution in [3.05, 3.63) is 77.3 Å². The standard InChI is InChI=1S/C18H17F3O3/c1-12(2)17(24-22,14-8-10-16(23-3)11-9-14)13-4-6-15(7-5-13)18(19,20)21/h4-11,22H,1H2,2-3H3/i1D2. The van der Waals surface area contributed by atoms with Crippen LogP contribution in [0.1, 0.15) is 26.4 Å². The third-order valence-corrected chi connectivity index (χ3v) is 3.78. The molecule has 0 radical (unpaired) electrons. The summed E-state index contributed by atoms with van der Waals surface area (Å²) in [6.45, 7) is 0.766. The monoisotopic (exact) mass is 340 g/mol. The van der Waals surface area contributed by atoms with Gasteiger partial charge in [0.05, 0.1) is 15.4 Å². The molecule has 2 aromatic carbocycles. The third-order valence-electron chi connectivity index (χ3n) is 3.78. The molecule has 1 unspecified atom stereocenters. The first-order valence-corrected chi connectivity index (χ1v) is 6.96. The quantitative estimate of drug-likeness (QED) is 0.472. The second kappa shape index (κ2) is 6.67. The maximum atomic E-state index is 12.8. The Morgan fingerprint density at radius 1 is 1.00 bits per heavy atom. The van der Waals surface area contributed by atoms with Gasteiger partial charge in [0, 0.05) is 0 Å². The molecule has 6 heteroatoms. The van der Waals surface area contributed by atoms with Gasteiger partial charge in [-0.05, 0) is 47.9 Å². The van der Waals surface area contributed by atoms with Crippen LogP contribution in [-0.2, 0) is 16.7 Å². The van der Waals surface area contributed by atoms with Crippen LogP contribution in [0.3, 0.4) is 0 Å².